The number of amides is 1. The number of carbonyl (C=O) groups is 2. The second-order valence-electron chi connectivity index (χ2n) is 6.06. The number of ether oxygens (including phenoxy) is 2. The minimum absolute atomic E-state index is 0.201. The molecule has 1 atom stereocenters. The van der Waals surface area contributed by atoms with Gasteiger partial charge in [-0.3, -0.25) is 4.79 Å². The van der Waals surface area contributed by atoms with E-state index in [2.05, 4.69) is 5.32 Å². The van der Waals surface area contributed by atoms with E-state index >= 15 is 0 Å². The van der Waals surface area contributed by atoms with Crippen LogP contribution >= 0.6 is 0 Å². The predicted octanol–water partition coefficient (Wildman–Crippen LogP) is 3.98. The maximum atomic E-state index is 12.5. The first-order valence-corrected chi connectivity index (χ1v) is 8.66. The molecule has 0 aliphatic carbocycles. The van der Waals surface area contributed by atoms with E-state index in [0.29, 0.717) is 11.3 Å². The molecule has 5 nitrogen and oxygen atoms in total. The van der Waals surface area contributed by atoms with Gasteiger partial charge in [-0.25, -0.2) is 4.79 Å². The summed E-state index contributed by atoms with van der Waals surface area (Å²) in [6.07, 6.45) is -3.11. The van der Waals surface area contributed by atoms with Crippen molar-refractivity contribution in [2.75, 3.05) is 7.11 Å². The van der Waals surface area contributed by atoms with Gasteiger partial charge in [-0.15, -0.1) is 0 Å². The van der Waals surface area contributed by atoms with Crippen molar-refractivity contribution in [3.05, 3.63) is 71.3 Å². The molecule has 0 aliphatic heterocycles. The van der Waals surface area contributed by atoms with Crippen molar-refractivity contribution in [3.8, 4) is 5.75 Å². The maximum absolute atomic E-state index is 12.5. The molecule has 0 saturated heterocycles. The van der Waals surface area contributed by atoms with Crippen LogP contribution in [0.3, 0.4) is 0 Å². The zero-order valence-corrected chi connectivity index (χ0v) is 15.8. The fourth-order valence-electron chi connectivity index (χ4n) is 2.39. The molecule has 0 bridgehead atoms. The molecule has 0 saturated carbocycles. The van der Waals surface area contributed by atoms with Gasteiger partial charge in [0, 0.05) is 18.2 Å². The highest BCUT2D eigenvalue weighted by molar-refractivity contribution is 5.90. The standard InChI is InChI=1S/C21H20F3NO4/c1-14(20(27)25-13-16-5-3-4-6-18(16)28-2)29-19(26)12-9-15-7-10-17(11-8-15)21(22,23)24/h3-12,14H,13H2,1-2H3,(H,25,27)/b12-9+/t14-/m0/s1. The quantitative estimate of drug-likeness (QED) is 0.557. The number of para-hydroxylation sites is 1. The molecular weight excluding hydrogens is 387 g/mol. The first-order valence-electron chi connectivity index (χ1n) is 8.66. The van der Waals surface area contributed by atoms with Gasteiger partial charge in [-0.2, -0.15) is 13.2 Å². The molecule has 2 aromatic rings. The van der Waals surface area contributed by atoms with E-state index in [0.717, 1.165) is 23.8 Å². The molecule has 0 fully saturated rings. The summed E-state index contributed by atoms with van der Waals surface area (Å²) in [4.78, 5) is 23.9. The molecule has 0 aromatic heterocycles. The van der Waals surface area contributed by atoms with Gasteiger partial charge in [0.2, 0.25) is 0 Å². The van der Waals surface area contributed by atoms with E-state index in [-0.39, 0.29) is 6.54 Å². The van der Waals surface area contributed by atoms with Crippen LogP contribution in [0, 0.1) is 0 Å². The van der Waals surface area contributed by atoms with Gasteiger partial charge in [0.25, 0.3) is 5.91 Å². The predicted molar refractivity (Wildman–Crippen MR) is 101 cm³/mol. The zero-order valence-electron chi connectivity index (χ0n) is 15.8. The summed E-state index contributed by atoms with van der Waals surface area (Å²) in [7, 11) is 1.52. The van der Waals surface area contributed by atoms with Crippen molar-refractivity contribution in [2.24, 2.45) is 0 Å². The highest BCUT2D eigenvalue weighted by Gasteiger charge is 2.29. The van der Waals surface area contributed by atoms with Crippen LogP contribution in [0.1, 0.15) is 23.6 Å². The minimum atomic E-state index is -4.42. The first-order chi connectivity index (χ1) is 13.7. The van der Waals surface area contributed by atoms with E-state index in [1.165, 1.54) is 32.2 Å². The number of nitrogens with one attached hydrogen (secondary N) is 1. The molecule has 2 rings (SSSR count). The third kappa shape index (κ3) is 6.67. The number of hydrogen-bond donors (Lipinski definition) is 1. The lowest BCUT2D eigenvalue weighted by Crippen LogP contribution is -2.35. The Labute approximate surface area is 166 Å². The van der Waals surface area contributed by atoms with Crippen LogP contribution in [0.5, 0.6) is 5.75 Å². The fraction of sp³-hybridized carbons (Fsp3) is 0.238. The van der Waals surface area contributed by atoms with Crippen molar-refractivity contribution >= 4 is 18.0 Å². The molecule has 154 valence electrons. The number of rotatable bonds is 7. The van der Waals surface area contributed by atoms with Crippen LogP contribution in [-0.4, -0.2) is 25.1 Å². The lowest BCUT2D eigenvalue weighted by molar-refractivity contribution is -0.150. The van der Waals surface area contributed by atoms with Gasteiger partial charge in [0.05, 0.1) is 12.7 Å². The second kappa shape index (κ2) is 9.77. The fourth-order valence-corrected chi connectivity index (χ4v) is 2.39. The van der Waals surface area contributed by atoms with E-state index in [1.54, 1.807) is 24.3 Å². The lowest BCUT2D eigenvalue weighted by atomic mass is 10.1. The van der Waals surface area contributed by atoms with Crippen LogP contribution in [-0.2, 0) is 27.0 Å². The first kappa shape index (κ1) is 22.0. The van der Waals surface area contributed by atoms with Gasteiger partial charge >= 0.3 is 12.1 Å². The van der Waals surface area contributed by atoms with E-state index < -0.39 is 29.7 Å². The van der Waals surface area contributed by atoms with E-state index in [1.807, 2.05) is 0 Å². The summed E-state index contributed by atoms with van der Waals surface area (Å²) in [6.45, 7) is 1.62. The summed E-state index contributed by atoms with van der Waals surface area (Å²) >= 11 is 0. The van der Waals surface area contributed by atoms with Crippen molar-refractivity contribution in [1.82, 2.24) is 5.32 Å². The molecule has 1 N–H and O–H groups in total. The van der Waals surface area contributed by atoms with Crippen molar-refractivity contribution in [1.29, 1.82) is 0 Å². The Morgan fingerprint density at radius 1 is 1.10 bits per heavy atom. The molecule has 1 amide bonds. The summed E-state index contributed by atoms with van der Waals surface area (Å²) < 4.78 is 47.8. The van der Waals surface area contributed by atoms with E-state index in [4.69, 9.17) is 9.47 Å². The number of esters is 1. The largest absolute Gasteiger partial charge is 0.496 e. The van der Waals surface area contributed by atoms with Crippen LogP contribution in [0.25, 0.3) is 6.08 Å². The lowest BCUT2D eigenvalue weighted by Gasteiger charge is -2.13. The molecule has 2 aromatic carbocycles. The molecule has 8 heteroatoms. The molecule has 0 heterocycles. The number of carbonyl (C=O) groups excluding carboxylic acids is 2. The Bertz CT molecular complexity index is 876. The van der Waals surface area contributed by atoms with Crippen molar-refractivity contribution < 1.29 is 32.2 Å². The summed E-state index contributed by atoms with van der Waals surface area (Å²) in [5.74, 6) is -0.658. The third-order valence-electron chi connectivity index (χ3n) is 3.96. The highest BCUT2D eigenvalue weighted by Crippen LogP contribution is 2.29. The highest BCUT2D eigenvalue weighted by atomic mass is 19.4. The molecule has 0 unspecified atom stereocenters. The Hall–Kier alpha value is -3.29. The van der Waals surface area contributed by atoms with Gasteiger partial charge in [-0.05, 0) is 36.8 Å². The average Bonchev–Trinajstić information content (AvgIpc) is 2.70. The SMILES string of the molecule is COc1ccccc1CNC(=O)[C@H](C)OC(=O)/C=C/c1ccc(C(F)(F)F)cc1. The summed E-state index contributed by atoms with van der Waals surface area (Å²) in [6, 6.07) is 11.5. The zero-order chi connectivity index (χ0) is 21.4. The van der Waals surface area contributed by atoms with Crippen LogP contribution in [0.15, 0.2) is 54.6 Å². The van der Waals surface area contributed by atoms with Crippen LogP contribution in [0.4, 0.5) is 13.2 Å². The molecular formula is C21H20F3NO4. The summed E-state index contributed by atoms with van der Waals surface area (Å²) in [5, 5.41) is 2.65. The monoisotopic (exact) mass is 407 g/mol. The number of alkyl halides is 3. The molecule has 0 radical (unpaired) electrons. The van der Waals surface area contributed by atoms with Crippen LogP contribution in [0.2, 0.25) is 0 Å². The normalized spacial score (nSPS) is 12.4. The number of benzene rings is 2. The Morgan fingerprint density at radius 2 is 1.76 bits per heavy atom. The minimum Gasteiger partial charge on any atom is -0.496 e. The number of methoxy groups -OCH3 is 1. The van der Waals surface area contributed by atoms with Gasteiger partial charge < -0.3 is 14.8 Å². The average molecular weight is 407 g/mol. The van der Waals surface area contributed by atoms with Crippen LogP contribution < -0.4 is 10.1 Å². The number of hydrogen-bond acceptors (Lipinski definition) is 4. The number of halogens is 3. The molecule has 0 spiro atoms. The topological polar surface area (TPSA) is 64.6 Å². The van der Waals surface area contributed by atoms with Gasteiger partial charge in [0.1, 0.15) is 5.75 Å². The Kier molecular flexibility index (Phi) is 7.41. The summed E-state index contributed by atoms with van der Waals surface area (Å²) in [5.41, 5.74) is 0.380. The van der Waals surface area contributed by atoms with Gasteiger partial charge in [-0.1, -0.05) is 30.3 Å². The smallest absolute Gasteiger partial charge is 0.416 e. The second-order valence-corrected chi connectivity index (χ2v) is 6.06. The molecule has 0 aliphatic rings. The molecule has 29 heavy (non-hydrogen) atoms. The van der Waals surface area contributed by atoms with E-state index in [9.17, 15) is 22.8 Å². The van der Waals surface area contributed by atoms with Crippen molar-refractivity contribution in [3.63, 3.8) is 0 Å². The Balaban J connectivity index is 1.86. The van der Waals surface area contributed by atoms with Gasteiger partial charge in [0.15, 0.2) is 6.10 Å². The third-order valence-corrected chi connectivity index (χ3v) is 3.96. The van der Waals surface area contributed by atoms with Crippen molar-refractivity contribution in [2.45, 2.75) is 25.7 Å². The maximum Gasteiger partial charge on any atom is 0.416 e. The Morgan fingerprint density at radius 3 is 2.38 bits per heavy atom.